The van der Waals surface area contributed by atoms with E-state index in [0.717, 1.165) is 25.4 Å². The zero-order valence-corrected chi connectivity index (χ0v) is 9.56. The van der Waals surface area contributed by atoms with Gasteiger partial charge in [-0.2, -0.15) is 0 Å². The van der Waals surface area contributed by atoms with E-state index < -0.39 is 0 Å². The van der Waals surface area contributed by atoms with Crippen molar-refractivity contribution in [2.24, 2.45) is 5.92 Å². The fourth-order valence-electron chi connectivity index (χ4n) is 2.16. The summed E-state index contributed by atoms with van der Waals surface area (Å²) >= 11 is 0. The molecule has 1 aliphatic rings. The number of nitrogens with zero attached hydrogens (tertiary/aromatic N) is 1. The summed E-state index contributed by atoms with van der Waals surface area (Å²) in [6.07, 6.45) is 4.45. The Morgan fingerprint density at radius 2 is 2.06 bits per heavy atom. The average Bonchev–Trinajstić information content (AvgIpc) is 2.78. The van der Waals surface area contributed by atoms with Crippen LogP contribution in [0.15, 0.2) is 29.2 Å². The Kier molecular flexibility index (Phi) is 3.80. The maximum atomic E-state index is 8.90. The molecule has 1 aromatic heterocycles. The van der Waals surface area contributed by atoms with E-state index in [1.54, 1.807) is 0 Å². The van der Waals surface area contributed by atoms with Gasteiger partial charge in [-0.15, -0.1) is 6.58 Å². The molecule has 16 heavy (non-hydrogen) atoms. The van der Waals surface area contributed by atoms with Gasteiger partial charge in [0.15, 0.2) is 0 Å². The Morgan fingerprint density at radius 3 is 2.62 bits per heavy atom. The molecular formula is C13H19NO2. The summed E-state index contributed by atoms with van der Waals surface area (Å²) in [6, 6.07) is 3.79. The van der Waals surface area contributed by atoms with Crippen molar-refractivity contribution in [2.75, 3.05) is 13.1 Å². The molecule has 1 aromatic rings. The monoisotopic (exact) mass is 221 g/mol. The van der Waals surface area contributed by atoms with Gasteiger partial charge < -0.3 is 9.52 Å². The number of aliphatic hydroxyl groups is 1. The molecule has 1 fully saturated rings. The molecule has 0 amide bonds. The number of aliphatic hydroxyl groups excluding tert-OH is 1. The average molecular weight is 221 g/mol. The molecule has 3 heteroatoms. The van der Waals surface area contributed by atoms with Crippen molar-refractivity contribution in [2.45, 2.75) is 26.0 Å². The van der Waals surface area contributed by atoms with E-state index >= 15 is 0 Å². The number of allylic oxidation sites excluding steroid dienone is 1. The van der Waals surface area contributed by atoms with Gasteiger partial charge in [0, 0.05) is 0 Å². The lowest BCUT2D eigenvalue weighted by molar-refractivity contribution is 0.177. The summed E-state index contributed by atoms with van der Waals surface area (Å²) in [4.78, 5) is 2.39. The van der Waals surface area contributed by atoms with Gasteiger partial charge in [0.25, 0.3) is 0 Å². The smallest absolute Gasteiger partial charge is 0.129 e. The Morgan fingerprint density at radius 1 is 1.38 bits per heavy atom. The van der Waals surface area contributed by atoms with Crippen molar-refractivity contribution in [1.29, 1.82) is 0 Å². The first kappa shape index (κ1) is 11.4. The van der Waals surface area contributed by atoms with Crippen LogP contribution >= 0.6 is 0 Å². The minimum atomic E-state index is -0.0153. The number of rotatable bonds is 4. The Hall–Kier alpha value is -1.06. The Labute approximate surface area is 96.4 Å². The van der Waals surface area contributed by atoms with Gasteiger partial charge in [0.05, 0.1) is 6.54 Å². The van der Waals surface area contributed by atoms with Crippen LogP contribution in [-0.4, -0.2) is 23.1 Å². The summed E-state index contributed by atoms with van der Waals surface area (Å²) in [6.45, 7) is 6.88. The van der Waals surface area contributed by atoms with Gasteiger partial charge in [-0.25, -0.2) is 0 Å². The second-order valence-corrected chi connectivity index (χ2v) is 4.38. The van der Waals surface area contributed by atoms with Gasteiger partial charge in [-0.05, 0) is 44.0 Å². The number of hydrogen-bond donors (Lipinski definition) is 1. The second kappa shape index (κ2) is 5.32. The highest BCUT2D eigenvalue weighted by atomic mass is 16.4. The normalized spacial score (nSPS) is 18.8. The molecule has 0 bridgehead atoms. The van der Waals surface area contributed by atoms with Crippen LogP contribution in [0.4, 0.5) is 0 Å². The highest BCUT2D eigenvalue weighted by molar-refractivity contribution is 5.06. The van der Waals surface area contributed by atoms with Gasteiger partial charge in [-0.1, -0.05) is 6.08 Å². The van der Waals surface area contributed by atoms with Gasteiger partial charge in [0.2, 0.25) is 0 Å². The third-order valence-corrected chi connectivity index (χ3v) is 3.22. The van der Waals surface area contributed by atoms with Crippen LogP contribution < -0.4 is 0 Å². The molecule has 1 aliphatic heterocycles. The highest BCUT2D eigenvalue weighted by Gasteiger charge is 2.17. The predicted molar refractivity (Wildman–Crippen MR) is 62.8 cm³/mol. The van der Waals surface area contributed by atoms with Crippen LogP contribution in [0.2, 0.25) is 0 Å². The van der Waals surface area contributed by atoms with E-state index in [1.165, 1.54) is 12.8 Å². The van der Waals surface area contributed by atoms with Crippen molar-refractivity contribution in [3.05, 3.63) is 36.3 Å². The van der Waals surface area contributed by atoms with Crippen LogP contribution in [0.5, 0.6) is 0 Å². The van der Waals surface area contributed by atoms with Crippen molar-refractivity contribution < 1.29 is 9.52 Å². The third kappa shape index (κ3) is 2.74. The largest absolute Gasteiger partial charge is 0.462 e. The van der Waals surface area contributed by atoms with Crippen LogP contribution in [0.3, 0.4) is 0 Å². The summed E-state index contributed by atoms with van der Waals surface area (Å²) < 4.78 is 5.48. The minimum absolute atomic E-state index is 0.0153. The number of likely N-dealkylation sites (tertiary alicyclic amines) is 1. The summed E-state index contributed by atoms with van der Waals surface area (Å²) in [5, 5.41) is 8.90. The van der Waals surface area contributed by atoms with Crippen molar-refractivity contribution in [3.63, 3.8) is 0 Å². The Balaban J connectivity index is 1.84. The van der Waals surface area contributed by atoms with E-state index in [-0.39, 0.29) is 6.61 Å². The number of furan rings is 1. The molecule has 1 N–H and O–H groups in total. The first-order valence-electron chi connectivity index (χ1n) is 5.85. The van der Waals surface area contributed by atoms with E-state index in [1.807, 2.05) is 12.1 Å². The van der Waals surface area contributed by atoms with Crippen LogP contribution in [0, 0.1) is 5.92 Å². The molecule has 0 radical (unpaired) electrons. The van der Waals surface area contributed by atoms with E-state index in [0.29, 0.717) is 11.7 Å². The lowest BCUT2D eigenvalue weighted by Gasteiger charge is -2.29. The molecule has 1 saturated heterocycles. The zero-order valence-electron chi connectivity index (χ0n) is 9.56. The molecule has 3 nitrogen and oxygen atoms in total. The molecule has 0 spiro atoms. The van der Waals surface area contributed by atoms with Crippen molar-refractivity contribution >= 4 is 0 Å². The van der Waals surface area contributed by atoms with Crippen LogP contribution in [-0.2, 0) is 13.2 Å². The third-order valence-electron chi connectivity index (χ3n) is 3.22. The quantitative estimate of drug-likeness (QED) is 0.792. The van der Waals surface area contributed by atoms with Gasteiger partial charge in [-0.3, -0.25) is 4.90 Å². The topological polar surface area (TPSA) is 36.6 Å². The van der Waals surface area contributed by atoms with E-state index in [2.05, 4.69) is 17.6 Å². The maximum Gasteiger partial charge on any atom is 0.129 e. The van der Waals surface area contributed by atoms with Crippen molar-refractivity contribution in [1.82, 2.24) is 4.90 Å². The first-order chi connectivity index (χ1) is 7.81. The number of hydrogen-bond acceptors (Lipinski definition) is 3. The van der Waals surface area contributed by atoms with Crippen LogP contribution in [0.1, 0.15) is 24.4 Å². The van der Waals surface area contributed by atoms with E-state index in [9.17, 15) is 0 Å². The van der Waals surface area contributed by atoms with Gasteiger partial charge >= 0.3 is 0 Å². The second-order valence-electron chi connectivity index (χ2n) is 4.38. The summed E-state index contributed by atoms with van der Waals surface area (Å²) in [7, 11) is 0. The first-order valence-corrected chi connectivity index (χ1v) is 5.85. The molecule has 0 aliphatic carbocycles. The zero-order chi connectivity index (χ0) is 11.4. The van der Waals surface area contributed by atoms with Crippen LogP contribution in [0.25, 0.3) is 0 Å². The Bertz CT molecular complexity index is 337. The van der Waals surface area contributed by atoms with Crippen molar-refractivity contribution in [3.8, 4) is 0 Å². The fourth-order valence-corrected chi connectivity index (χ4v) is 2.16. The predicted octanol–water partition coefficient (Wildman–Crippen LogP) is 2.17. The molecule has 88 valence electrons. The lowest BCUT2D eigenvalue weighted by atomic mass is 9.97. The lowest BCUT2D eigenvalue weighted by Crippen LogP contribution is -2.32. The maximum absolute atomic E-state index is 8.90. The highest BCUT2D eigenvalue weighted by Crippen LogP contribution is 2.20. The minimum Gasteiger partial charge on any atom is -0.462 e. The molecule has 0 saturated carbocycles. The SMILES string of the molecule is C=CC1CCN(Cc2ccc(CO)o2)CC1. The van der Waals surface area contributed by atoms with E-state index in [4.69, 9.17) is 9.52 Å². The molecular weight excluding hydrogens is 202 g/mol. The molecule has 2 heterocycles. The molecule has 0 unspecified atom stereocenters. The molecule has 0 aromatic carbocycles. The summed E-state index contributed by atoms with van der Waals surface area (Å²) in [5.74, 6) is 2.28. The summed E-state index contributed by atoms with van der Waals surface area (Å²) in [5.41, 5.74) is 0. The standard InChI is InChI=1S/C13H19NO2/c1-2-11-5-7-14(8-6-11)9-12-3-4-13(10-15)16-12/h2-4,11,15H,1,5-10H2. The molecule has 0 atom stereocenters. The fraction of sp³-hybridized carbons (Fsp3) is 0.538. The van der Waals surface area contributed by atoms with Gasteiger partial charge in [0.1, 0.15) is 18.1 Å². The molecule has 2 rings (SSSR count). The number of piperidine rings is 1.